The highest BCUT2D eigenvalue weighted by molar-refractivity contribution is 6.31. The van der Waals surface area contributed by atoms with E-state index >= 15 is 0 Å². The van der Waals surface area contributed by atoms with Gasteiger partial charge in [-0.25, -0.2) is 0 Å². The van der Waals surface area contributed by atoms with Crippen molar-refractivity contribution in [1.82, 2.24) is 0 Å². The van der Waals surface area contributed by atoms with Crippen molar-refractivity contribution in [2.24, 2.45) is 0 Å². The number of aliphatic hydroxyl groups excluding tert-OH is 1. The van der Waals surface area contributed by atoms with E-state index in [1.54, 1.807) is 12.1 Å². The fraction of sp³-hybridized carbons (Fsp3) is 0.125. The number of hydrogen-bond acceptors (Lipinski definition) is 1. The molecule has 0 aliphatic rings. The molecule has 0 bridgehead atoms. The van der Waals surface area contributed by atoms with Crippen LogP contribution in [0.3, 0.4) is 0 Å². The molecule has 0 saturated carbocycles. The number of aliphatic hydroxyl groups is 1. The third kappa shape index (κ3) is 1.49. The maximum absolute atomic E-state index is 9.01. The van der Waals surface area contributed by atoms with Crippen LogP contribution in [0.2, 0.25) is 5.02 Å². The molecular weight excluding hydrogens is 148 g/mol. The van der Waals surface area contributed by atoms with Gasteiger partial charge in [-0.2, -0.15) is 0 Å². The van der Waals surface area contributed by atoms with Crippen molar-refractivity contribution < 1.29 is 5.11 Å². The van der Waals surface area contributed by atoms with Crippen molar-refractivity contribution in [3.8, 4) is 0 Å². The maximum atomic E-state index is 9.01. The highest BCUT2D eigenvalue weighted by Gasteiger charge is 2.03. The minimum absolute atomic E-state index is 0.560. The van der Waals surface area contributed by atoms with Gasteiger partial charge in [0.25, 0.3) is 0 Å². The highest BCUT2D eigenvalue weighted by atomic mass is 35.5. The number of halogens is 1. The van der Waals surface area contributed by atoms with E-state index in [2.05, 4.69) is 6.92 Å². The minimum Gasteiger partial charge on any atom is -0.388 e. The first-order valence-corrected chi connectivity index (χ1v) is 3.35. The third-order valence-corrected chi connectivity index (χ3v) is 1.61. The van der Waals surface area contributed by atoms with E-state index < -0.39 is 6.10 Å². The van der Waals surface area contributed by atoms with Gasteiger partial charge in [-0.05, 0) is 18.6 Å². The van der Waals surface area contributed by atoms with Gasteiger partial charge in [0.1, 0.15) is 0 Å². The van der Waals surface area contributed by atoms with Crippen LogP contribution in [0.5, 0.6) is 0 Å². The van der Waals surface area contributed by atoms with Crippen molar-refractivity contribution in [1.29, 1.82) is 0 Å². The summed E-state index contributed by atoms with van der Waals surface area (Å²) >= 11 is 5.72. The Labute approximate surface area is 65.3 Å². The molecule has 0 heterocycles. The summed E-state index contributed by atoms with van der Waals surface area (Å²) in [6.45, 7) is 3.44. The molecule has 0 saturated heterocycles. The van der Waals surface area contributed by atoms with Crippen molar-refractivity contribution >= 4 is 11.6 Å². The Morgan fingerprint density at radius 3 is 2.40 bits per heavy atom. The third-order valence-electron chi connectivity index (χ3n) is 1.26. The second-order valence-electron chi connectivity index (χ2n) is 2.04. The minimum atomic E-state index is -0.728. The Morgan fingerprint density at radius 1 is 1.40 bits per heavy atom. The van der Waals surface area contributed by atoms with E-state index in [0.717, 1.165) is 0 Å². The van der Waals surface area contributed by atoms with Crippen LogP contribution < -0.4 is 0 Å². The molecule has 0 unspecified atom stereocenters. The molecule has 1 rings (SSSR count). The number of hydrogen-bond donors (Lipinski definition) is 1. The molecule has 2 heteroatoms. The molecule has 1 radical (unpaired) electrons. The lowest BCUT2D eigenvalue weighted by atomic mass is 10.1. The summed E-state index contributed by atoms with van der Waals surface area (Å²) in [6.07, 6.45) is -0.728. The lowest BCUT2D eigenvalue weighted by Crippen LogP contribution is -1.90. The fourth-order valence-corrected chi connectivity index (χ4v) is 1.01. The number of rotatable bonds is 1. The van der Waals surface area contributed by atoms with Crippen LogP contribution in [0, 0.1) is 6.92 Å². The van der Waals surface area contributed by atoms with Crippen LogP contribution >= 0.6 is 11.6 Å². The first kappa shape index (κ1) is 7.58. The summed E-state index contributed by atoms with van der Waals surface area (Å²) in [7, 11) is 0. The van der Waals surface area contributed by atoms with Crippen molar-refractivity contribution in [2.75, 3.05) is 0 Å². The summed E-state index contributed by atoms with van der Waals surface area (Å²) in [5, 5.41) is 9.57. The van der Waals surface area contributed by atoms with Gasteiger partial charge >= 0.3 is 0 Å². The molecule has 0 aromatic heterocycles. The van der Waals surface area contributed by atoms with Gasteiger partial charge in [-0.15, -0.1) is 0 Å². The molecule has 1 aromatic rings. The smallest absolute Gasteiger partial charge is 0.0805 e. The van der Waals surface area contributed by atoms with Gasteiger partial charge in [0, 0.05) is 5.02 Å². The Balaban J connectivity index is 3.03. The zero-order chi connectivity index (χ0) is 7.56. The van der Waals surface area contributed by atoms with Gasteiger partial charge in [0.15, 0.2) is 0 Å². The van der Waals surface area contributed by atoms with Gasteiger partial charge in [0.2, 0.25) is 0 Å². The second kappa shape index (κ2) is 3.04. The Bertz CT molecular complexity index is 220. The summed E-state index contributed by atoms with van der Waals surface area (Å²) in [5.74, 6) is 0. The van der Waals surface area contributed by atoms with Gasteiger partial charge < -0.3 is 5.11 Å². The maximum Gasteiger partial charge on any atom is 0.0805 e. The predicted molar refractivity (Wildman–Crippen MR) is 41.8 cm³/mol. The normalized spacial score (nSPS) is 13.1. The molecular formula is C8H8ClO. The van der Waals surface area contributed by atoms with Gasteiger partial charge in [-0.1, -0.05) is 29.8 Å². The van der Waals surface area contributed by atoms with Gasteiger partial charge in [-0.3, -0.25) is 0 Å². The molecule has 0 spiro atoms. The molecule has 10 heavy (non-hydrogen) atoms. The van der Waals surface area contributed by atoms with Gasteiger partial charge in [0.05, 0.1) is 6.10 Å². The second-order valence-corrected chi connectivity index (χ2v) is 2.44. The Morgan fingerprint density at radius 2 is 2.00 bits per heavy atom. The standard InChI is InChI=1S/C8H8ClO/c1-6(10)7-4-2-3-5-8(7)9/h2-6,10H,1H2/t6-/m0/s1. The van der Waals surface area contributed by atoms with Crippen LogP contribution in [0.1, 0.15) is 11.7 Å². The van der Waals surface area contributed by atoms with E-state index in [4.69, 9.17) is 16.7 Å². The van der Waals surface area contributed by atoms with Crippen molar-refractivity contribution in [3.63, 3.8) is 0 Å². The van der Waals surface area contributed by atoms with E-state index in [1.165, 1.54) is 0 Å². The SMILES string of the molecule is [CH2][C@H](O)c1ccccc1Cl. The van der Waals surface area contributed by atoms with Crippen molar-refractivity contribution in [3.05, 3.63) is 41.8 Å². The van der Waals surface area contributed by atoms with E-state index in [9.17, 15) is 0 Å². The molecule has 1 aromatic carbocycles. The van der Waals surface area contributed by atoms with Crippen LogP contribution in [0.15, 0.2) is 24.3 Å². The first-order chi connectivity index (χ1) is 4.72. The topological polar surface area (TPSA) is 20.2 Å². The van der Waals surface area contributed by atoms with E-state index in [0.29, 0.717) is 10.6 Å². The molecule has 0 amide bonds. The quantitative estimate of drug-likeness (QED) is 0.660. The molecule has 1 atom stereocenters. The van der Waals surface area contributed by atoms with Crippen LogP contribution in [-0.2, 0) is 0 Å². The highest BCUT2D eigenvalue weighted by Crippen LogP contribution is 2.20. The Kier molecular flexibility index (Phi) is 2.30. The fourth-order valence-electron chi connectivity index (χ4n) is 0.745. The lowest BCUT2D eigenvalue weighted by Gasteiger charge is -2.04. The number of benzene rings is 1. The molecule has 1 N–H and O–H groups in total. The average Bonchev–Trinajstić information content (AvgIpc) is 1.88. The Hall–Kier alpha value is -0.530. The largest absolute Gasteiger partial charge is 0.388 e. The summed E-state index contributed by atoms with van der Waals surface area (Å²) in [5.41, 5.74) is 0.671. The zero-order valence-corrected chi connectivity index (χ0v) is 6.17. The summed E-state index contributed by atoms with van der Waals surface area (Å²) in [4.78, 5) is 0. The lowest BCUT2D eigenvalue weighted by molar-refractivity contribution is 0.226. The van der Waals surface area contributed by atoms with E-state index in [-0.39, 0.29) is 0 Å². The summed E-state index contributed by atoms with van der Waals surface area (Å²) < 4.78 is 0. The van der Waals surface area contributed by atoms with Crippen molar-refractivity contribution in [2.45, 2.75) is 6.10 Å². The van der Waals surface area contributed by atoms with Crippen LogP contribution in [0.25, 0.3) is 0 Å². The molecule has 1 nitrogen and oxygen atoms in total. The molecule has 0 fully saturated rings. The predicted octanol–water partition coefficient (Wildman–Crippen LogP) is 2.21. The van der Waals surface area contributed by atoms with Crippen LogP contribution in [0.4, 0.5) is 0 Å². The zero-order valence-electron chi connectivity index (χ0n) is 5.42. The first-order valence-electron chi connectivity index (χ1n) is 2.97. The molecule has 0 aliphatic carbocycles. The van der Waals surface area contributed by atoms with E-state index in [1.807, 2.05) is 12.1 Å². The summed E-state index contributed by atoms with van der Waals surface area (Å²) in [6, 6.07) is 7.11. The van der Waals surface area contributed by atoms with Crippen LogP contribution in [-0.4, -0.2) is 5.11 Å². The molecule has 53 valence electrons. The molecule has 0 aliphatic heterocycles. The average molecular weight is 156 g/mol. The monoisotopic (exact) mass is 155 g/mol.